The predicted molar refractivity (Wildman–Crippen MR) is 88.2 cm³/mol. The largest absolute Gasteiger partial charge is 0.463 e. The summed E-state index contributed by atoms with van der Waals surface area (Å²) in [6.45, 7) is 14.5. The molecule has 0 saturated carbocycles. The molecule has 1 aliphatic heterocycles. The third-order valence-corrected chi connectivity index (χ3v) is 4.38. The molecule has 120 valence electrons. The Kier molecular flexibility index (Phi) is 5.88. The Balaban J connectivity index is 1.79. The van der Waals surface area contributed by atoms with Crippen molar-refractivity contribution < 1.29 is 4.42 Å². The van der Waals surface area contributed by atoms with Gasteiger partial charge in [-0.05, 0) is 62.4 Å². The molecule has 0 radical (unpaired) electrons. The van der Waals surface area contributed by atoms with E-state index in [1.54, 1.807) is 0 Å². The number of furan rings is 1. The highest BCUT2D eigenvalue weighted by Gasteiger charge is 2.23. The van der Waals surface area contributed by atoms with Gasteiger partial charge in [0.1, 0.15) is 11.5 Å². The molecule has 1 N–H and O–H groups in total. The van der Waals surface area contributed by atoms with Crippen LogP contribution in [-0.2, 0) is 13.1 Å². The number of nitrogens with zero attached hydrogens (tertiary/aromatic N) is 1. The van der Waals surface area contributed by atoms with Crippen LogP contribution in [0.3, 0.4) is 0 Å². The fraction of sp³-hybridized carbons (Fsp3) is 0.778. The van der Waals surface area contributed by atoms with E-state index in [2.05, 4.69) is 50.0 Å². The Morgan fingerprint density at radius 3 is 2.71 bits per heavy atom. The van der Waals surface area contributed by atoms with E-state index in [1.165, 1.54) is 32.4 Å². The van der Waals surface area contributed by atoms with Crippen LogP contribution in [-0.4, -0.2) is 24.5 Å². The first-order valence-corrected chi connectivity index (χ1v) is 8.45. The molecule has 0 bridgehead atoms. The molecule has 2 heterocycles. The molecule has 0 atom stereocenters. The van der Waals surface area contributed by atoms with E-state index in [9.17, 15) is 0 Å². The van der Waals surface area contributed by atoms with E-state index in [-0.39, 0.29) is 0 Å². The van der Waals surface area contributed by atoms with Crippen LogP contribution in [0.5, 0.6) is 0 Å². The van der Waals surface area contributed by atoms with E-state index in [4.69, 9.17) is 4.42 Å². The quantitative estimate of drug-likeness (QED) is 0.858. The van der Waals surface area contributed by atoms with Crippen LogP contribution in [0.1, 0.15) is 58.5 Å². The Bertz CT molecular complexity index is 423. The summed E-state index contributed by atoms with van der Waals surface area (Å²) in [6, 6.07) is 4.26. The second-order valence-electron chi connectivity index (χ2n) is 7.69. The summed E-state index contributed by atoms with van der Waals surface area (Å²) in [5.41, 5.74) is 0.504. The van der Waals surface area contributed by atoms with E-state index >= 15 is 0 Å². The van der Waals surface area contributed by atoms with E-state index in [1.807, 2.05) is 0 Å². The highest BCUT2D eigenvalue weighted by atomic mass is 16.3. The van der Waals surface area contributed by atoms with Gasteiger partial charge in [0.05, 0.1) is 13.1 Å². The zero-order chi connectivity index (χ0) is 15.3. The minimum atomic E-state index is 0.504. The van der Waals surface area contributed by atoms with Crippen molar-refractivity contribution in [1.29, 1.82) is 0 Å². The fourth-order valence-corrected chi connectivity index (χ4v) is 2.94. The van der Waals surface area contributed by atoms with Crippen molar-refractivity contribution in [2.24, 2.45) is 11.3 Å². The van der Waals surface area contributed by atoms with Crippen LogP contribution < -0.4 is 5.32 Å². The molecule has 3 heteroatoms. The summed E-state index contributed by atoms with van der Waals surface area (Å²) in [4.78, 5) is 2.54. The summed E-state index contributed by atoms with van der Waals surface area (Å²) in [7, 11) is 0. The number of hydrogen-bond acceptors (Lipinski definition) is 3. The van der Waals surface area contributed by atoms with Crippen molar-refractivity contribution in [3.05, 3.63) is 23.7 Å². The normalized spacial score (nSPS) is 19.9. The third-order valence-electron chi connectivity index (χ3n) is 4.38. The van der Waals surface area contributed by atoms with Crippen LogP contribution in [0.15, 0.2) is 16.5 Å². The molecular weight excluding hydrogens is 260 g/mol. The van der Waals surface area contributed by atoms with Gasteiger partial charge in [0.15, 0.2) is 0 Å². The molecule has 0 aliphatic carbocycles. The molecule has 3 nitrogen and oxygen atoms in total. The molecule has 0 spiro atoms. The summed E-state index contributed by atoms with van der Waals surface area (Å²) >= 11 is 0. The van der Waals surface area contributed by atoms with Crippen molar-refractivity contribution >= 4 is 0 Å². The second-order valence-corrected chi connectivity index (χ2v) is 7.69. The second kappa shape index (κ2) is 7.46. The van der Waals surface area contributed by atoms with Gasteiger partial charge < -0.3 is 9.73 Å². The van der Waals surface area contributed by atoms with Gasteiger partial charge in [0, 0.05) is 0 Å². The smallest absolute Gasteiger partial charge is 0.118 e. The summed E-state index contributed by atoms with van der Waals surface area (Å²) < 4.78 is 5.96. The van der Waals surface area contributed by atoms with Gasteiger partial charge in [0.25, 0.3) is 0 Å². The molecule has 21 heavy (non-hydrogen) atoms. The number of likely N-dealkylation sites (tertiary alicyclic amines) is 1. The van der Waals surface area contributed by atoms with Crippen LogP contribution >= 0.6 is 0 Å². The van der Waals surface area contributed by atoms with Crippen molar-refractivity contribution in [3.63, 3.8) is 0 Å². The molecule has 1 saturated heterocycles. The van der Waals surface area contributed by atoms with Gasteiger partial charge in [-0.1, -0.05) is 27.7 Å². The lowest BCUT2D eigenvalue weighted by Crippen LogP contribution is -2.24. The van der Waals surface area contributed by atoms with Gasteiger partial charge in [-0.25, -0.2) is 0 Å². The maximum Gasteiger partial charge on any atom is 0.118 e. The summed E-state index contributed by atoms with van der Waals surface area (Å²) in [6.07, 6.45) is 3.93. The van der Waals surface area contributed by atoms with Crippen LogP contribution in [0, 0.1) is 11.3 Å². The van der Waals surface area contributed by atoms with Crippen LogP contribution in [0.2, 0.25) is 0 Å². The van der Waals surface area contributed by atoms with Crippen molar-refractivity contribution in [2.75, 3.05) is 19.6 Å². The summed E-state index contributed by atoms with van der Waals surface area (Å²) in [5.74, 6) is 2.84. The minimum Gasteiger partial charge on any atom is -0.463 e. The molecule has 1 aliphatic rings. The van der Waals surface area contributed by atoms with Gasteiger partial charge in [-0.3, -0.25) is 4.90 Å². The highest BCUT2D eigenvalue weighted by Crippen LogP contribution is 2.30. The lowest BCUT2D eigenvalue weighted by Gasteiger charge is -2.22. The first-order valence-electron chi connectivity index (χ1n) is 8.45. The number of nitrogens with one attached hydrogen (secondary N) is 1. The van der Waals surface area contributed by atoms with Gasteiger partial charge in [0.2, 0.25) is 0 Å². The van der Waals surface area contributed by atoms with Crippen LogP contribution in [0.4, 0.5) is 0 Å². The Morgan fingerprint density at radius 2 is 1.95 bits per heavy atom. The first-order chi connectivity index (χ1) is 9.94. The van der Waals surface area contributed by atoms with Gasteiger partial charge in [-0.15, -0.1) is 0 Å². The monoisotopic (exact) mass is 292 g/mol. The first kappa shape index (κ1) is 16.6. The average molecular weight is 292 g/mol. The van der Waals surface area contributed by atoms with Crippen molar-refractivity contribution in [1.82, 2.24) is 10.2 Å². The topological polar surface area (TPSA) is 28.4 Å². The zero-order valence-corrected chi connectivity index (χ0v) is 14.2. The third kappa shape index (κ3) is 5.84. The summed E-state index contributed by atoms with van der Waals surface area (Å²) in [5, 5.41) is 3.43. The maximum absolute atomic E-state index is 5.96. The number of hydrogen-bond donors (Lipinski definition) is 1. The Labute approximate surface area is 130 Å². The standard InChI is InChI=1S/C18H32N2O/c1-15(2)12-19-13-16-6-7-17(21-16)14-20-10-5-8-18(3,4)9-11-20/h6-7,15,19H,5,8-14H2,1-4H3. The van der Waals surface area contributed by atoms with E-state index in [0.29, 0.717) is 11.3 Å². The van der Waals surface area contributed by atoms with Gasteiger partial charge in [-0.2, -0.15) is 0 Å². The number of rotatable bonds is 6. The van der Waals surface area contributed by atoms with Gasteiger partial charge >= 0.3 is 0 Å². The van der Waals surface area contributed by atoms with E-state index in [0.717, 1.165) is 31.2 Å². The highest BCUT2D eigenvalue weighted by molar-refractivity contribution is 5.07. The Hall–Kier alpha value is -0.800. The minimum absolute atomic E-state index is 0.504. The maximum atomic E-state index is 5.96. The molecule has 1 aromatic rings. The predicted octanol–water partition coefficient (Wildman–Crippen LogP) is 4.04. The molecule has 0 aromatic carbocycles. The average Bonchev–Trinajstić information content (AvgIpc) is 2.75. The van der Waals surface area contributed by atoms with Crippen molar-refractivity contribution in [2.45, 2.75) is 60.0 Å². The molecule has 0 unspecified atom stereocenters. The van der Waals surface area contributed by atoms with Crippen LogP contribution in [0.25, 0.3) is 0 Å². The lowest BCUT2D eigenvalue weighted by atomic mass is 9.85. The fourth-order valence-electron chi connectivity index (χ4n) is 2.94. The van der Waals surface area contributed by atoms with Crippen molar-refractivity contribution in [3.8, 4) is 0 Å². The lowest BCUT2D eigenvalue weighted by molar-refractivity contribution is 0.236. The molecule has 1 fully saturated rings. The molecule has 2 rings (SSSR count). The molecular formula is C18H32N2O. The zero-order valence-electron chi connectivity index (χ0n) is 14.2. The van der Waals surface area contributed by atoms with E-state index < -0.39 is 0 Å². The SMILES string of the molecule is CC(C)CNCc1ccc(CN2CCCC(C)(C)CC2)o1. The molecule has 1 aromatic heterocycles. The molecule has 0 amide bonds. The Morgan fingerprint density at radius 1 is 1.19 bits per heavy atom.